The summed E-state index contributed by atoms with van der Waals surface area (Å²) in [5, 5.41) is 16.0. The largest absolute Gasteiger partial charge is 0.480 e. The van der Waals surface area contributed by atoms with E-state index in [1.165, 1.54) is 0 Å². The van der Waals surface area contributed by atoms with Gasteiger partial charge < -0.3 is 10.0 Å². The van der Waals surface area contributed by atoms with Gasteiger partial charge in [0.15, 0.2) is 0 Å². The van der Waals surface area contributed by atoms with Gasteiger partial charge in [-0.3, -0.25) is 19.6 Å². The Morgan fingerprint density at radius 1 is 1.43 bits per heavy atom. The summed E-state index contributed by atoms with van der Waals surface area (Å²) in [6.07, 6.45) is 4.99. The summed E-state index contributed by atoms with van der Waals surface area (Å²) >= 11 is 0. The molecule has 1 amide bonds. The summed E-state index contributed by atoms with van der Waals surface area (Å²) in [6.45, 7) is 5.11. The highest BCUT2D eigenvalue weighted by molar-refractivity contribution is 5.92. The molecule has 2 fully saturated rings. The maximum atomic E-state index is 12.4. The maximum absolute atomic E-state index is 12.4. The van der Waals surface area contributed by atoms with E-state index in [9.17, 15) is 14.7 Å². The van der Waals surface area contributed by atoms with E-state index in [0.717, 1.165) is 32.4 Å². The van der Waals surface area contributed by atoms with Crippen molar-refractivity contribution in [1.29, 1.82) is 0 Å². The average molecular weight is 320 g/mol. The molecule has 0 aromatic carbocycles. The lowest BCUT2D eigenvalue weighted by molar-refractivity contribution is -0.142. The molecule has 2 N–H and O–H groups in total. The van der Waals surface area contributed by atoms with Crippen molar-refractivity contribution in [2.45, 2.75) is 38.6 Å². The lowest BCUT2D eigenvalue weighted by Crippen LogP contribution is -2.44. The van der Waals surface area contributed by atoms with Crippen molar-refractivity contribution in [1.82, 2.24) is 20.0 Å². The van der Waals surface area contributed by atoms with E-state index in [2.05, 4.69) is 22.0 Å². The number of carboxylic acid groups (broad SMARTS) is 1. The van der Waals surface area contributed by atoms with Crippen LogP contribution in [-0.4, -0.2) is 69.2 Å². The van der Waals surface area contributed by atoms with E-state index < -0.39 is 5.97 Å². The van der Waals surface area contributed by atoms with E-state index in [1.807, 2.05) is 4.90 Å². The minimum Gasteiger partial charge on any atom is -0.480 e. The molecule has 23 heavy (non-hydrogen) atoms. The first-order valence-corrected chi connectivity index (χ1v) is 8.30. The second-order valence-corrected chi connectivity index (χ2v) is 6.79. The number of aromatic nitrogens is 2. The number of H-pyrrole nitrogens is 1. The first-order chi connectivity index (χ1) is 11.0. The molecule has 7 heteroatoms. The summed E-state index contributed by atoms with van der Waals surface area (Å²) < 4.78 is 0. The maximum Gasteiger partial charge on any atom is 0.320 e. The van der Waals surface area contributed by atoms with Gasteiger partial charge in [0, 0.05) is 25.8 Å². The minimum absolute atomic E-state index is 0.0180. The molecule has 1 aromatic rings. The van der Waals surface area contributed by atoms with Crippen LogP contribution in [0.1, 0.15) is 43.1 Å². The van der Waals surface area contributed by atoms with Gasteiger partial charge in [0.25, 0.3) is 5.91 Å². The van der Waals surface area contributed by atoms with Gasteiger partial charge in [0.2, 0.25) is 0 Å². The third-order valence-corrected chi connectivity index (χ3v) is 5.24. The Morgan fingerprint density at radius 2 is 2.17 bits per heavy atom. The third-order valence-electron chi connectivity index (χ3n) is 5.24. The number of amides is 1. The Balaban J connectivity index is 1.64. The molecule has 0 aliphatic carbocycles. The summed E-state index contributed by atoms with van der Waals surface area (Å²) in [4.78, 5) is 27.8. The summed E-state index contributed by atoms with van der Waals surface area (Å²) in [6, 6.07) is 1.32. The number of nitrogens with one attached hydrogen (secondary N) is 1. The first kappa shape index (κ1) is 16.0. The molecule has 0 saturated carbocycles. The SMILES string of the molecule is CCCN1CC2(CCN(C(=O)c3ccn[nH]3)CC2)CC1C(=O)O. The normalized spacial score (nSPS) is 24.2. The first-order valence-electron chi connectivity index (χ1n) is 8.30. The highest BCUT2D eigenvalue weighted by Crippen LogP contribution is 2.43. The van der Waals surface area contributed by atoms with Gasteiger partial charge >= 0.3 is 5.97 Å². The van der Waals surface area contributed by atoms with Gasteiger partial charge in [-0.05, 0) is 43.7 Å². The number of piperidine rings is 1. The van der Waals surface area contributed by atoms with Crippen LogP contribution in [0.2, 0.25) is 0 Å². The van der Waals surface area contributed by atoms with Crippen LogP contribution in [0.3, 0.4) is 0 Å². The van der Waals surface area contributed by atoms with E-state index in [0.29, 0.717) is 25.2 Å². The molecule has 1 spiro atoms. The molecular weight excluding hydrogens is 296 g/mol. The van der Waals surface area contributed by atoms with Crippen molar-refractivity contribution in [3.63, 3.8) is 0 Å². The number of carbonyl (C=O) groups is 2. The molecule has 1 aromatic heterocycles. The van der Waals surface area contributed by atoms with Gasteiger partial charge in [-0.1, -0.05) is 6.92 Å². The van der Waals surface area contributed by atoms with E-state index in [1.54, 1.807) is 12.3 Å². The summed E-state index contributed by atoms with van der Waals surface area (Å²) in [5.41, 5.74) is 0.562. The molecule has 1 atom stereocenters. The molecule has 1 unspecified atom stereocenters. The molecule has 0 radical (unpaired) electrons. The topological polar surface area (TPSA) is 89.5 Å². The molecule has 2 aliphatic heterocycles. The van der Waals surface area contributed by atoms with Crippen molar-refractivity contribution in [3.8, 4) is 0 Å². The molecule has 3 rings (SSSR count). The van der Waals surface area contributed by atoms with E-state index >= 15 is 0 Å². The number of hydrogen-bond acceptors (Lipinski definition) is 4. The van der Waals surface area contributed by atoms with Gasteiger partial charge in [-0.2, -0.15) is 5.10 Å². The predicted octanol–water partition coefficient (Wildman–Crippen LogP) is 1.20. The van der Waals surface area contributed by atoms with Crippen molar-refractivity contribution >= 4 is 11.9 Å². The van der Waals surface area contributed by atoms with Crippen LogP contribution < -0.4 is 0 Å². The Labute approximate surface area is 135 Å². The summed E-state index contributed by atoms with van der Waals surface area (Å²) in [5.74, 6) is -0.734. The molecule has 126 valence electrons. The fraction of sp³-hybridized carbons (Fsp3) is 0.688. The van der Waals surface area contributed by atoms with Crippen molar-refractivity contribution in [3.05, 3.63) is 18.0 Å². The highest BCUT2D eigenvalue weighted by atomic mass is 16.4. The fourth-order valence-corrected chi connectivity index (χ4v) is 4.00. The zero-order valence-corrected chi connectivity index (χ0v) is 13.5. The minimum atomic E-state index is -0.716. The number of aliphatic carboxylic acids is 1. The Kier molecular flexibility index (Phi) is 4.39. The van der Waals surface area contributed by atoms with Gasteiger partial charge in [0.05, 0.1) is 0 Å². The number of carbonyl (C=O) groups excluding carboxylic acids is 1. The second kappa shape index (κ2) is 6.31. The Morgan fingerprint density at radius 3 is 2.74 bits per heavy atom. The van der Waals surface area contributed by atoms with E-state index in [-0.39, 0.29) is 17.4 Å². The zero-order valence-electron chi connectivity index (χ0n) is 13.5. The van der Waals surface area contributed by atoms with Crippen LogP contribution in [0.15, 0.2) is 12.3 Å². The van der Waals surface area contributed by atoms with Gasteiger partial charge in [0.1, 0.15) is 11.7 Å². The number of rotatable bonds is 4. The van der Waals surface area contributed by atoms with Crippen LogP contribution in [0.4, 0.5) is 0 Å². The smallest absolute Gasteiger partial charge is 0.320 e. The molecule has 7 nitrogen and oxygen atoms in total. The molecule has 3 heterocycles. The quantitative estimate of drug-likeness (QED) is 0.870. The summed E-state index contributed by atoms with van der Waals surface area (Å²) in [7, 11) is 0. The van der Waals surface area contributed by atoms with Crippen LogP contribution >= 0.6 is 0 Å². The highest BCUT2D eigenvalue weighted by Gasteiger charge is 2.48. The Bertz CT molecular complexity index is 564. The third kappa shape index (κ3) is 3.10. The Hall–Kier alpha value is -1.89. The number of carboxylic acids is 1. The molecule has 2 aliphatic rings. The average Bonchev–Trinajstić information content (AvgIpc) is 3.17. The van der Waals surface area contributed by atoms with Crippen molar-refractivity contribution in [2.75, 3.05) is 26.2 Å². The lowest BCUT2D eigenvalue weighted by atomic mass is 9.76. The number of nitrogens with zero attached hydrogens (tertiary/aromatic N) is 3. The van der Waals surface area contributed by atoms with Crippen LogP contribution in [0, 0.1) is 5.41 Å². The second-order valence-electron chi connectivity index (χ2n) is 6.79. The van der Waals surface area contributed by atoms with Crippen LogP contribution in [-0.2, 0) is 4.79 Å². The molecule has 0 bridgehead atoms. The molecular formula is C16H24N4O3. The zero-order chi connectivity index (χ0) is 16.4. The van der Waals surface area contributed by atoms with E-state index in [4.69, 9.17) is 0 Å². The lowest BCUT2D eigenvalue weighted by Gasteiger charge is -2.39. The van der Waals surface area contributed by atoms with Crippen molar-refractivity contribution < 1.29 is 14.7 Å². The van der Waals surface area contributed by atoms with Crippen molar-refractivity contribution in [2.24, 2.45) is 5.41 Å². The fourth-order valence-electron chi connectivity index (χ4n) is 4.00. The van der Waals surface area contributed by atoms with Gasteiger partial charge in [-0.15, -0.1) is 0 Å². The predicted molar refractivity (Wildman–Crippen MR) is 84.1 cm³/mol. The standard InChI is InChI=1S/C16H24N4O3/c1-2-7-20-11-16(10-13(20)15(22)23)4-8-19(9-5-16)14(21)12-3-6-17-18-12/h3,6,13H,2,4-5,7-11H2,1H3,(H,17,18)(H,22,23). The number of likely N-dealkylation sites (tertiary alicyclic amines) is 2. The van der Waals surface area contributed by atoms with Crippen LogP contribution in [0.25, 0.3) is 0 Å². The van der Waals surface area contributed by atoms with Gasteiger partial charge in [-0.25, -0.2) is 0 Å². The monoisotopic (exact) mass is 320 g/mol. The molecule has 2 saturated heterocycles. The number of hydrogen-bond donors (Lipinski definition) is 2. The van der Waals surface area contributed by atoms with Crippen LogP contribution in [0.5, 0.6) is 0 Å². The number of aromatic amines is 1.